The SMILES string of the molecule is CCCC=NNC(=O)C(C)Oc1ccccc1. The van der Waals surface area contributed by atoms with Crippen molar-refractivity contribution in [2.45, 2.75) is 32.8 Å². The molecule has 1 unspecified atom stereocenters. The van der Waals surface area contributed by atoms with Crippen LogP contribution in [0.2, 0.25) is 0 Å². The van der Waals surface area contributed by atoms with Gasteiger partial charge in [0.2, 0.25) is 0 Å². The van der Waals surface area contributed by atoms with Crippen LogP contribution in [0.25, 0.3) is 0 Å². The third-order valence-corrected chi connectivity index (χ3v) is 2.11. The predicted molar refractivity (Wildman–Crippen MR) is 68.1 cm³/mol. The summed E-state index contributed by atoms with van der Waals surface area (Å²) in [4.78, 5) is 11.6. The molecule has 0 heterocycles. The zero-order valence-corrected chi connectivity index (χ0v) is 10.2. The highest BCUT2D eigenvalue weighted by Gasteiger charge is 2.13. The Balaban J connectivity index is 2.37. The van der Waals surface area contributed by atoms with Crippen molar-refractivity contribution in [1.82, 2.24) is 5.43 Å². The van der Waals surface area contributed by atoms with E-state index in [1.54, 1.807) is 13.1 Å². The van der Waals surface area contributed by atoms with E-state index in [1.165, 1.54) is 0 Å². The van der Waals surface area contributed by atoms with E-state index in [0.29, 0.717) is 5.75 Å². The molecule has 1 aromatic carbocycles. The standard InChI is InChI=1S/C13H18N2O2/c1-3-4-10-14-15-13(16)11(2)17-12-8-6-5-7-9-12/h5-11H,3-4H2,1-2H3,(H,15,16). The largest absolute Gasteiger partial charge is 0.481 e. The molecule has 0 saturated carbocycles. The monoisotopic (exact) mass is 234 g/mol. The number of ether oxygens (including phenoxy) is 1. The van der Waals surface area contributed by atoms with Gasteiger partial charge in [-0.25, -0.2) is 5.43 Å². The number of nitrogens with one attached hydrogen (secondary N) is 1. The number of hydrogen-bond acceptors (Lipinski definition) is 3. The molecule has 1 N–H and O–H groups in total. The fourth-order valence-corrected chi connectivity index (χ4v) is 1.15. The molecule has 92 valence electrons. The number of unbranched alkanes of at least 4 members (excludes halogenated alkanes) is 1. The van der Waals surface area contributed by atoms with Gasteiger partial charge in [-0.2, -0.15) is 5.10 Å². The van der Waals surface area contributed by atoms with Crippen molar-refractivity contribution in [3.8, 4) is 5.75 Å². The Morgan fingerprint density at radius 2 is 2.18 bits per heavy atom. The molecule has 0 radical (unpaired) electrons. The average molecular weight is 234 g/mol. The minimum atomic E-state index is -0.559. The fraction of sp³-hybridized carbons (Fsp3) is 0.385. The van der Waals surface area contributed by atoms with Crippen LogP contribution in [0.1, 0.15) is 26.7 Å². The van der Waals surface area contributed by atoms with Crippen LogP contribution < -0.4 is 10.2 Å². The molecule has 17 heavy (non-hydrogen) atoms. The van der Waals surface area contributed by atoms with E-state index in [0.717, 1.165) is 12.8 Å². The van der Waals surface area contributed by atoms with Crippen LogP contribution in [0, 0.1) is 0 Å². The molecule has 0 aliphatic carbocycles. The molecule has 1 rings (SSSR count). The van der Waals surface area contributed by atoms with E-state index in [9.17, 15) is 4.79 Å². The summed E-state index contributed by atoms with van der Waals surface area (Å²) in [5.74, 6) is 0.425. The molecular weight excluding hydrogens is 216 g/mol. The number of rotatable bonds is 6. The highest BCUT2D eigenvalue weighted by molar-refractivity contribution is 5.81. The van der Waals surface area contributed by atoms with E-state index >= 15 is 0 Å². The van der Waals surface area contributed by atoms with Crippen LogP contribution in [0.15, 0.2) is 35.4 Å². The van der Waals surface area contributed by atoms with Crippen molar-refractivity contribution >= 4 is 12.1 Å². The number of amides is 1. The number of hydrazone groups is 1. The average Bonchev–Trinajstić information content (AvgIpc) is 2.35. The number of nitrogens with zero attached hydrogens (tertiary/aromatic N) is 1. The number of carbonyl (C=O) groups excluding carboxylic acids is 1. The van der Waals surface area contributed by atoms with Crippen LogP contribution in [-0.4, -0.2) is 18.2 Å². The second kappa shape index (κ2) is 7.44. The minimum absolute atomic E-state index is 0.249. The molecule has 1 amide bonds. The first-order valence-corrected chi connectivity index (χ1v) is 5.77. The van der Waals surface area contributed by atoms with E-state index in [2.05, 4.69) is 17.5 Å². The zero-order valence-electron chi connectivity index (χ0n) is 10.2. The summed E-state index contributed by atoms with van der Waals surface area (Å²) in [5.41, 5.74) is 2.44. The van der Waals surface area contributed by atoms with Crippen molar-refractivity contribution in [3.05, 3.63) is 30.3 Å². The summed E-state index contributed by atoms with van der Waals surface area (Å²) >= 11 is 0. The summed E-state index contributed by atoms with van der Waals surface area (Å²) in [6, 6.07) is 9.24. The lowest BCUT2D eigenvalue weighted by Crippen LogP contribution is -2.33. The van der Waals surface area contributed by atoms with Gasteiger partial charge in [-0.3, -0.25) is 4.79 Å². The molecule has 0 aliphatic heterocycles. The van der Waals surface area contributed by atoms with Crippen LogP contribution in [-0.2, 0) is 4.79 Å². The van der Waals surface area contributed by atoms with E-state index in [4.69, 9.17) is 4.74 Å². The molecule has 0 spiro atoms. The Kier molecular flexibility index (Phi) is 5.79. The zero-order chi connectivity index (χ0) is 12.5. The van der Waals surface area contributed by atoms with Crippen molar-refractivity contribution in [1.29, 1.82) is 0 Å². The highest BCUT2D eigenvalue weighted by atomic mass is 16.5. The predicted octanol–water partition coefficient (Wildman–Crippen LogP) is 2.36. The van der Waals surface area contributed by atoms with Gasteiger partial charge in [0.25, 0.3) is 5.91 Å². The van der Waals surface area contributed by atoms with Crippen molar-refractivity contribution in [2.75, 3.05) is 0 Å². The second-order valence-corrected chi connectivity index (χ2v) is 3.65. The van der Waals surface area contributed by atoms with Gasteiger partial charge in [0.15, 0.2) is 6.10 Å². The molecule has 4 heteroatoms. The van der Waals surface area contributed by atoms with E-state index < -0.39 is 6.10 Å². The summed E-state index contributed by atoms with van der Waals surface area (Å²) in [6.45, 7) is 3.74. The lowest BCUT2D eigenvalue weighted by atomic mass is 10.3. The number of carbonyl (C=O) groups is 1. The molecule has 0 fully saturated rings. The van der Waals surface area contributed by atoms with Gasteiger partial charge in [0, 0.05) is 6.21 Å². The molecule has 0 aromatic heterocycles. The summed E-state index contributed by atoms with van der Waals surface area (Å²) in [5, 5.41) is 3.82. The smallest absolute Gasteiger partial charge is 0.280 e. The fourth-order valence-electron chi connectivity index (χ4n) is 1.15. The van der Waals surface area contributed by atoms with Crippen molar-refractivity contribution in [3.63, 3.8) is 0 Å². The first-order valence-electron chi connectivity index (χ1n) is 5.77. The lowest BCUT2D eigenvalue weighted by molar-refractivity contribution is -0.127. The van der Waals surface area contributed by atoms with Gasteiger partial charge in [-0.15, -0.1) is 0 Å². The molecule has 1 atom stereocenters. The van der Waals surface area contributed by atoms with Gasteiger partial charge in [-0.1, -0.05) is 31.5 Å². The first-order chi connectivity index (χ1) is 8.24. The van der Waals surface area contributed by atoms with Gasteiger partial charge >= 0.3 is 0 Å². The van der Waals surface area contributed by atoms with Crippen LogP contribution in [0.5, 0.6) is 5.75 Å². The van der Waals surface area contributed by atoms with E-state index in [1.807, 2.05) is 30.3 Å². The van der Waals surface area contributed by atoms with Crippen LogP contribution in [0.3, 0.4) is 0 Å². The maximum atomic E-state index is 11.6. The minimum Gasteiger partial charge on any atom is -0.481 e. The normalized spacial score (nSPS) is 12.4. The molecule has 1 aromatic rings. The maximum absolute atomic E-state index is 11.6. The Morgan fingerprint density at radius 3 is 2.82 bits per heavy atom. The molecule has 4 nitrogen and oxygen atoms in total. The molecule has 0 bridgehead atoms. The summed E-state index contributed by atoms with van der Waals surface area (Å²) in [6.07, 6.45) is 2.99. The molecule has 0 saturated heterocycles. The Morgan fingerprint density at radius 1 is 1.47 bits per heavy atom. The number of hydrogen-bond donors (Lipinski definition) is 1. The number of para-hydroxylation sites is 1. The van der Waals surface area contributed by atoms with Crippen molar-refractivity contribution in [2.24, 2.45) is 5.10 Å². The number of benzene rings is 1. The second-order valence-electron chi connectivity index (χ2n) is 3.65. The van der Waals surface area contributed by atoms with Crippen LogP contribution >= 0.6 is 0 Å². The summed E-state index contributed by atoms with van der Waals surface area (Å²) in [7, 11) is 0. The quantitative estimate of drug-likeness (QED) is 0.606. The van der Waals surface area contributed by atoms with Gasteiger partial charge < -0.3 is 4.74 Å². The van der Waals surface area contributed by atoms with Crippen LogP contribution in [0.4, 0.5) is 0 Å². The highest BCUT2D eigenvalue weighted by Crippen LogP contribution is 2.10. The third-order valence-electron chi connectivity index (χ3n) is 2.11. The maximum Gasteiger partial charge on any atom is 0.280 e. The first kappa shape index (κ1) is 13.2. The Hall–Kier alpha value is -1.84. The van der Waals surface area contributed by atoms with Crippen molar-refractivity contribution < 1.29 is 9.53 Å². The summed E-state index contributed by atoms with van der Waals surface area (Å²) < 4.78 is 5.45. The van der Waals surface area contributed by atoms with Gasteiger partial charge in [0.05, 0.1) is 0 Å². The molecule has 0 aliphatic rings. The third kappa shape index (κ3) is 5.15. The Labute approximate surface area is 102 Å². The van der Waals surface area contributed by atoms with Gasteiger partial charge in [-0.05, 0) is 25.5 Å². The Bertz CT molecular complexity index is 363. The van der Waals surface area contributed by atoms with E-state index in [-0.39, 0.29) is 5.91 Å². The van der Waals surface area contributed by atoms with Gasteiger partial charge in [0.1, 0.15) is 5.75 Å². The lowest BCUT2D eigenvalue weighted by Gasteiger charge is -2.12. The molecular formula is C13H18N2O2. The topological polar surface area (TPSA) is 50.7 Å².